The van der Waals surface area contributed by atoms with Crippen molar-refractivity contribution in [2.45, 2.75) is 12.8 Å². The predicted molar refractivity (Wildman–Crippen MR) is 68.7 cm³/mol. The maximum absolute atomic E-state index is 5.60. The van der Waals surface area contributed by atoms with E-state index in [2.05, 4.69) is 41.5 Å². The first-order valence-corrected chi connectivity index (χ1v) is 6.34. The summed E-state index contributed by atoms with van der Waals surface area (Å²) in [6.07, 6.45) is 1.85. The molecular weight excluding hydrogens is 224 g/mol. The molecule has 2 aromatic rings. The van der Waals surface area contributed by atoms with Crippen molar-refractivity contribution in [3.8, 4) is 11.8 Å². The van der Waals surface area contributed by atoms with Crippen LogP contribution in [0.1, 0.15) is 18.4 Å². The molecule has 0 unspecified atom stereocenters. The Bertz CT molecular complexity index is 502. The number of fused-ring (bicyclic) bond motifs is 1. The Balaban J connectivity index is 2.26. The van der Waals surface area contributed by atoms with Crippen LogP contribution in [0.15, 0.2) is 29.6 Å². The number of unbranched alkanes of at least 4 members (excludes halogenated alkanes) is 1. The van der Waals surface area contributed by atoms with Crippen LogP contribution in [0.5, 0.6) is 0 Å². The fourth-order valence-corrected chi connectivity index (χ4v) is 2.41. The predicted octanol–water partition coefficient (Wildman–Crippen LogP) is 4.27. The quantitative estimate of drug-likeness (QED) is 0.414. The summed E-state index contributed by atoms with van der Waals surface area (Å²) >= 11 is 7.34. The lowest BCUT2D eigenvalue weighted by atomic mass is 10.1. The van der Waals surface area contributed by atoms with Crippen LogP contribution in [-0.4, -0.2) is 5.88 Å². The highest BCUT2D eigenvalue weighted by Gasteiger charge is 1.97. The van der Waals surface area contributed by atoms with Gasteiger partial charge in [0.05, 0.1) is 0 Å². The molecule has 0 radical (unpaired) electrons. The summed E-state index contributed by atoms with van der Waals surface area (Å²) in [5, 5.41) is 3.39. The van der Waals surface area contributed by atoms with Gasteiger partial charge in [0, 0.05) is 22.6 Å². The van der Waals surface area contributed by atoms with Crippen LogP contribution < -0.4 is 0 Å². The first-order chi connectivity index (χ1) is 7.42. The van der Waals surface area contributed by atoms with Gasteiger partial charge in [0.1, 0.15) is 0 Å². The number of rotatable bonds is 2. The van der Waals surface area contributed by atoms with Crippen molar-refractivity contribution in [1.29, 1.82) is 0 Å². The van der Waals surface area contributed by atoms with E-state index in [9.17, 15) is 0 Å². The van der Waals surface area contributed by atoms with Gasteiger partial charge in [-0.3, -0.25) is 0 Å². The molecule has 0 saturated carbocycles. The van der Waals surface area contributed by atoms with E-state index in [4.69, 9.17) is 11.6 Å². The molecule has 0 fully saturated rings. The maximum atomic E-state index is 5.60. The third-order valence-electron chi connectivity index (χ3n) is 2.14. The van der Waals surface area contributed by atoms with Gasteiger partial charge in [0.15, 0.2) is 0 Å². The average Bonchev–Trinajstić information content (AvgIpc) is 2.73. The lowest BCUT2D eigenvalue weighted by Crippen LogP contribution is -1.75. The summed E-state index contributed by atoms with van der Waals surface area (Å²) in [7, 11) is 0. The fourth-order valence-electron chi connectivity index (χ4n) is 1.40. The van der Waals surface area contributed by atoms with Gasteiger partial charge in [-0.05, 0) is 29.3 Å². The second-order valence-corrected chi connectivity index (χ2v) is 4.53. The number of benzene rings is 1. The van der Waals surface area contributed by atoms with E-state index in [1.165, 1.54) is 10.1 Å². The maximum Gasteiger partial charge on any atom is 0.0499 e. The summed E-state index contributed by atoms with van der Waals surface area (Å²) < 4.78 is 1.29. The lowest BCUT2D eigenvalue weighted by Gasteiger charge is -1.92. The summed E-state index contributed by atoms with van der Waals surface area (Å²) in [5.41, 5.74) is 1.14. The number of halogens is 1. The Morgan fingerprint density at radius 1 is 1.27 bits per heavy atom. The highest BCUT2D eigenvalue weighted by molar-refractivity contribution is 7.17. The van der Waals surface area contributed by atoms with Crippen LogP contribution in [0.4, 0.5) is 0 Å². The van der Waals surface area contributed by atoms with E-state index in [-0.39, 0.29) is 0 Å². The fraction of sp³-hybridized carbons (Fsp3) is 0.231. The van der Waals surface area contributed by atoms with Gasteiger partial charge in [0.2, 0.25) is 0 Å². The molecule has 0 amide bonds. The van der Waals surface area contributed by atoms with Crippen molar-refractivity contribution in [2.24, 2.45) is 0 Å². The molecule has 0 bridgehead atoms. The average molecular weight is 235 g/mol. The molecule has 76 valence electrons. The molecule has 0 atom stereocenters. The van der Waals surface area contributed by atoms with Gasteiger partial charge in [-0.15, -0.1) is 22.9 Å². The number of alkyl halides is 1. The largest absolute Gasteiger partial charge is 0.143 e. The number of hydrogen-bond donors (Lipinski definition) is 0. The third kappa shape index (κ3) is 2.53. The van der Waals surface area contributed by atoms with Crippen LogP contribution in [0.3, 0.4) is 0 Å². The third-order valence-corrected chi connectivity index (χ3v) is 3.37. The van der Waals surface area contributed by atoms with Crippen LogP contribution in [0.25, 0.3) is 10.1 Å². The molecule has 0 aliphatic carbocycles. The molecule has 1 heterocycles. The van der Waals surface area contributed by atoms with E-state index in [0.717, 1.165) is 18.4 Å². The molecule has 0 aliphatic rings. The topological polar surface area (TPSA) is 0 Å². The molecule has 1 aromatic heterocycles. The van der Waals surface area contributed by atoms with Gasteiger partial charge in [0.25, 0.3) is 0 Å². The van der Waals surface area contributed by atoms with Gasteiger partial charge >= 0.3 is 0 Å². The minimum absolute atomic E-state index is 0.692. The molecule has 0 aliphatic heterocycles. The van der Waals surface area contributed by atoms with Crippen LogP contribution in [0.2, 0.25) is 0 Å². The highest BCUT2D eigenvalue weighted by atomic mass is 35.5. The van der Waals surface area contributed by atoms with Crippen molar-refractivity contribution in [3.05, 3.63) is 35.2 Å². The van der Waals surface area contributed by atoms with Crippen LogP contribution in [0, 0.1) is 11.8 Å². The summed E-state index contributed by atoms with van der Waals surface area (Å²) in [6.45, 7) is 0. The zero-order chi connectivity index (χ0) is 10.5. The van der Waals surface area contributed by atoms with Gasteiger partial charge in [-0.2, -0.15) is 0 Å². The second kappa shape index (κ2) is 5.21. The Hall–Kier alpha value is -0.970. The van der Waals surface area contributed by atoms with Gasteiger partial charge in [-0.1, -0.05) is 24.0 Å². The van der Waals surface area contributed by atoms with E-state index >= 15 is 0 Å². The van der Waals surface area contributed by atoms with E-state index in [1.807, 2.05) is 0 Å². The lowest BCUT2D eigenvalue weighted by molar-refractivity contribution is 0.991. The normalized spacial score (nSPS) is 9.93. The van der Waals surface area contributed by atoms with Gasteiger partial charge < -0.3 is 0 Å². The second-order valence-electron chi connectivity index (χ2n) is 3.24. The number of hydrogen-bond acceptors (Lipinski definition) is 1. The standard InChI is InChI=1S/C13H11ClS/c14-9-3-1-2-5-11-6-4-7-12-8-10-15-13(11)12/h4,6-8,10H,1,3,9H2. The molecule has 0 N–H and O–H groups in total. The van der Waals surface area contributed by atoms with Crippen molar-refractivity contribution < 1.29 is 0 Å². The Morgan fingerprint density at radius 3 is 3.07 bits per heavy atom. The summed E-state index contributed by atoms with van der Waals surface area (Å²) in [5.74, 6) is 7.06. The Kier molecular flexibility index (Phi) is 3.66. The van der Waals surface area contributed by atoms with Crippen LogP contribution in [-0.2, 0) is 0 Å². The molecule has 0 saturated heterocycles. The summed E-state index contributed by atoms with van der Waals surface area (Å²) in [4.78, 5) is 0. The van der Waals surface area contributed by atoms with Crippen LogP contribution >= 0.6 is 22.9 Å². The first kappa shape index (κ1) is 10.5. The van der Waals surface area contributed by atoms with E-state index in [1.54, 1.807) is 11.3 Å². The number of thiophene rings is 1. The van der Waals surface area contributed by atoms with Crippen molar-refractivity contribution in [1.82, 2.24) is 0 Å². The zero-order valence-electron chi connectivity index (χ0n) is 8.29. The SMILES string of the molecule is ClCCCC#Cc1cccc2ccsc12. The monoisotopic (exact) mass is 234 g/mol. The zero-order valence-corrected chi connectivity index (χ0v) is 9.87. The van der Waals surface area contributed by atoms with E-state index in [0.29, 0.717) is 5.88 Å². The van der Waals surface area contributed by atoms with E-state index < -0.39 is 0 Å². The summed E-state index contributed by atoms with van der Waals surface area (Å²) in [6, 6.07) is 8.38. The Labute approximate surface area is 98.9 Å². The first-order valence-electron chi connectivity index (χ1n) is 4.93. The minimum atomic E-state index is 0.692. The molecule has 0 nitrogen and oxygen atoms in total. The molecule has 0 spiro atoms. The smallest absolute Gasteiger partial charge is 0.0499 e. The highest BCUT2D eigenvalue weighted by Crippen LogP contribution is 2.23. The molecular formula is C13H11ClS. The Morgan fingerprint density at radius 2 is 2.20 bits per heavy atom. The molecule has 1 aromatic carbocycles. The molecule has 2 rings (SSSR count). The molecule has 15 heavy (non-hydrogen) atoms. The minimum Gasteiger partial charge on any atom is -0.143 e. The van der Waals surface area contributed by atoms with Crippen molar-refractivity contribution >= 4 is 33.0 Å². The van der Waals surface area contributed by atoms with Crippen molar-refractivity contribution in [2.75, 3.05) is 5.88 Å². The van der Waals surface area contributed by atoms with Crippen molar-refractivity contribution in [3.63, 3.8) is 0 Å². The molecule has 2 heteroatoms. The van der Waals surface area contributed by atoms with Gasteiger partial charge in [-0.25, -0.2) is 0 Å².